The average Bonchev–Trinajstić information content (AvgIpc) is 3.12. The molecule has 2 aromatic carbocycles. The summed E-state index contributed by atoms with van der Waals surface area (Å²) in [6, 6.07) is 14.8. The number of aliphatic carboxylic acids is 1. The number of nitrogens with two attached hydrogens (primary N) is 1. The molecule has 0 fully saturated rings. The maximum atomic E-state index is 10.7. The Morgan fingerprint density at radius 2 is 1.64 bits per heavy atom. The minimum Gasteiger partial charge on any atom is -0.481 e. The van der Waals surface area contributed by atoms with Gasteiger partial charge in [-0.3, -0.25) is 4.79 Å². The van der Waals surface area contributed by atoms with E-state index in [1.807, 2.05) is 36.4 Å². The first-order chi connectivity index (χ1) is 12.1. The maximum Gasteiger partial charge on any atom is 0.303 e. The number of carbonyl (C=O) groups excluding carboxylic acids is 1. The van der Waals surface area contributed by atoms with Crippen LogP contribution in [0.25, 0.3) is 5.57 Å². The van der Waals surface area contributed by atoms with Crippen molar-refractivity contribution >= 4 is 17.5 Å². The number of benzene rings is 2. The van der Waals surface area contributed by atoms with E-state index in [9.17, 15) is 9.59 Å². The molecule has 1 heterocycles. The van der Waals surface area contributed by atoms with Crippen LogP contribution in [0.2, 0.25) is 0 Å². The molecule has 0 saturated carbocycles. The van der Waals surface area contributed by atoms with E-state index in [2.05, 4.69) is 0 Å². The molecule has 0 unspecified atom stereocenters. The molecule has 2 aromatic rings. The van der Waals surface area contributed by atoms with Crippen LogP contribution in [0.15, 0.2) is 48.5 Å². The van der Waals surface area contributed by atoms with E-state index in [0.29, 0.717) is 24.5 Å². The van der Waals surface area contributed by atoms with Gasteiger partial charge in [0, 0.05) is 12.1 Å². The van der Waals surface area contributed by atoms with Gasteiger partial charge in [0.2, 0.25) is 6.79 Å². The van der Waals surface area contributed by atoms with E-state index in [4.69, 9.17) is 20.3 Å². The van der Waals surface area contributed by atoms with Crippen LogP contribution in [0.5, 0.6) is 11.5 Å². The van der Waals surface area contributed by atoms with Gasteiger partial charge >= 0.3 is 5.97 Å². The van der Waals surface area contributed by atoms with E-state index >= 15 is 0 Å². The Morgan fingerprint density at radius 3 is 2.12 bits per heavy atom. The number of rotatable bonds is 5. The van der Waals surface area contributed by atoms with Gasteiger partial charge in [0.15, 0.2) is 11.5 Å². The molecule has 3 N–H and O–H groups in total. The summed E-state index contributed by atoms with van der Waals surface area (Å²) in [7, 11) is 0. The standard InChI is InChI=1S/C12H13NO3.C7H6O2/c13-7-9-1-3-10(4-2-9)11(8-14)5-6-12(15)16;1-2-4-7-6(3-1)8-5-9-7/h1-4H,5-7,13H2,(H,15,16);1-4H,5H2. The summed E-state index contributed by atoms with van der Waals surface area (Å²) in [6.45, 7) is 0.800. The number of hydrogen-bond acceptors (Lipinski definition) is 5. The zero-order chi connectivity index (χ0) is 18.1. The molecule has 130 valence electrons. The lowest BCUT2D eigenvalue weighted by Crippen LogP contribution is -1.98. The molecule has 0 amide bonds. The summed E-state index contributed by atoms with van der Waals surface area (Å²) in [5, 5.41) is 8.53. The smallest absolute Gasteiger partial charge is 0.303 e. The second-order valence-electron chi connectivity index (χ2n) is 5.23. The third-order valence-electron chi connectivity index (χ3n) is 3.53. The van der Waals surface area contributed by atoms with Gasteiger partial charge in [0.25, 0.3) is 0 Å². The van der Waals surface area contributed by atoms with Crippen LogP contribution in [-0.4, -0.2) is 23.8 Å². The molecule has 0 aromatic heterocycles. The number of allylic oxidation sites excluding steroid dienone is 1. The largest absolute Gasteiger partial charge is 0.481 e. The lowest BCUT2D eigenvalue weighted by molar-refractivity contribution is -0.136. The van der Waals surface area contributed by atoms with Crippen molar-refractivity contribution < 1.29 is 24.2 Å². The molecule has 0 spiro atoms. The SMILES string of the molecule is NCc1ccc(C(=C=O)CCC(=O)O)cc1.c1ccc2c(c1)OCO2. The summed E-state index contributed by atoms with van der Waals surface area (Å²) in [6.07, 6.45) is 0.129. The van der Waals surface area contributed by atoms with E-state index in [0.717, 1.165) is 17.1 Å². The highest BCUT2D eigenvalue weighted by atomic mass is 16.7. The fourth-order valence-electron chi connectivity index (χ4n) is 2.17. The Morgan fingerprint density at radius 1 is 1.04 bits per heavy atom. The van der Waals surface area contributed by atoms with Crippen molar-refractivity contribution in [3.63, 3.8) is 0 Å². The zero-order valence-corrected chi connectivity index (χ0v) is 13.6. The highest BCUT2D eigenvalue weighted by molar-refractivity contribution is 5.88. The number of fused-ring (bicyclic) bond motifs is 1. The van der Waals surface area contributed by atoms with Crippen molar-refractivity contribution in [2.75, 3.05) is 6.79 Å². The molecular weight excluding hydrogens is 322 g/mol. The van der Waals surface area contributed by atoms with Crippen LogP contribution < -0.4 is 15.2 Å². The third-order valence-corrected chi connectivity index (χ3v) is 3.53. The molecule has 1 aliphatic heterocycles. The Bertz CT molecular complexity index is 741. The van der Waals surface area contributed by atoms with Gasteiger partial charge < -0.3 is 20.3 Å². The van der Waals surface area contributed by atoms with E-state index < -0.39 is 5.97 Å². The highest BCUT2D eigenvalue weighted by Crippen LogP contribution is 2.30. The van der Waals surface area contributed by atoms with Crippen LogP contribution in [0.3, 0.4) is 0 Å². The van der Waals surface area contributed by atoms with Crippen LogP contribution in [-0.2, 0) is 16.1 Å². The number of carboxylic acids is 1. The number of para-hydroxylation sites is 2. The van der Waals surface area contributed by atoms with Crippen LogP contribution >= 0.6 is 0 Å². The fraction of sp³-hybridized carbons (Fsp3) is 0.211. The van der Waals surface area contributed by atoms with Gasteiger partial charge in [-0.25, -0.2) is 4.79 Å². The minimum atomic E-state index is -0.925. The lowest BCUT2D eigenvalue weighted by atomic mass is 10.0. The molecular formula is C19H19NO5. The molecule has 0 atom stereocenters. The third kappa shape index (κ3) is 5.49. The van der Waals surface area contributed by atoms with Crippen LogP contribution in [0, 0.1) is 0 Å². The topological polar surface area (TPSA) is 98.9 Å². The zero-order valence-electron chi connectivity index (χ0n) is 13.6. The highest BCUT2D eigenvalue weighted by Gasteiger charge is 2.09. The molecule has 0 aliphatic carbocycles. The molecule has 0 radical (unpaired) electrons. The fourth-order valence-corrected chi connectivity index (χ4v) is 2.17. The first kappa shape index (κ1) is 18.3. The Hall–Kier alpha value is -3.08. The molecule has 6 nitrogen and oxygen atoms in total. The van der Waals surface area contributed by atoms with E-state index in [1.54, 1.807) is 18.1 Å². The van der Waals surface area contributed by atoms with Gasteiger partial charge in [-0.2, -0.15) is 0 Å². The van der Waals surface area contributed by atoms with Crippen molar-refractivity contribution in [1.29, 1.82) is 0 Å². The number of carbonyl (C=O) groups is 1. The van der Waals surface area contributed by atoms with Gasteiger partial charge in [-0.15, -0.1) is 0 Å². The first-order valence-corrected chi connectivity index (χ1v) is 7.74. The quantitative estimate of drug-likeness (QED) is 0.811. The van der Waals surface area contributed by atoms with Gasteiger partial charge in [0.1, 0.15) is 5.94 Å². The predicted octanol–water partition coefficient (Wildman–Crippen LogP) is 2.64. The van der Waals surface area contributed by atoms with Gasteiger partial charge in [-0.1, -0.05) is 36.4 Å². The first-order valence-electron chi connectivity index (χ1n) is 7.74. The molecule has 25 heavy (non-hydrogen) atoms. The van der Waals surface area contributed by atoms with Crippen molar-refractivity contribution in [2.24, 2.45) is 5.73 Å². The van der Waals surface area contributed by atoms with Crippen LogP contribution in [0.4, 0.5) is 0 Å². The summed E-state index contributed by atoms with van der Waals surface area (Å²) in [5.74, 6) is 2.55. The molecule has 0 bridgehead atoms. The van der Waals surface area contributed by atoms with Crippen molar-refractivity contribution in [2.45, 2.75) is 19.4 Å². The van der Waals surface area contributed by atoms with Gasteiger partial charge in [-0.05, 0) is 29.7 Å². The van der Waals surface area contributed by atoms with Crippen molar-refractivity contribution in [1.82, 2.24) is 0 Å². The Kier molecular flexibility index (Phi) is 6.77. The second kappa shape index (κ2) is 9.27. The maximum absolute atomic E-state index is 10.7. The Balaban J connectivity index is 0.000000208. The number of carboxylic acid groups (broad SMARTS) is 1. The monoisotopic (exact) mass is 341 g/mol. The normalized spacial score (nSPS) is 11.1. The Labute approximate surface area is 145 Å². The lowest BCUT2D eigenvalue weighted by Gasteiger charge is -2.03. The van der Waals surface area contributed by atoms with Gasteiger partial charge in [0.05, 0.1) is 6.42 Å². The average molecular weight is 341 g/mol. The summed E-state index contributed by atoms with van der Waals surface area (Å²) in [5.41, 5.74) is 7.49. The second-order valence-corrected chi connectivity index (χ2v) is 5.23. The van der Waals surface area contributed by atoms with Crippen LogP contribution in [0.1, 0.15) is 24.0 Å². The summed E-state index contributed by atoms with van der Waals surface area (Å²) in [4.78, 5) is 21.1. The molecule has 6 heteroatoms. The van der Waals surface area contributed by atoms with E-state index in [1.165, 1.54) is 0 Å². The van der Waals surface area contributed by atoms with Crippen molar-refractivity contribution in [3.05, 3.63) is 59.7 Å². The number of hydrogen-bond donors (Lipinski definition) is 2. The molecule has 0 saturated heterocycles. The van der Waals surface area contributed by atoms with Crippen molar-refractivity contribution in [3.8, 4) is 11.5 Å². The molecule has 3 rings (SSSR count). The van der Waals surface area contributed by atoms with E-state index in [-0.39, 0.29) is 12.8 Å². The number of ether oxygens (including phenoxy) is 2. The molecule has 1 aliphatic rings. The summed E-state index contributed by atoms with van der Waals surface area (Å²) >= 11 is 0. The summed E-state index contributed by atoms with van der Waals surface area (Å²) < 4.78 is 10.2. The minimum absolute atomic E-state index is 0.0663. The predicted molar refractivity (Wildman–Crippen MR) is 92.9 cm³/mol.